The quantitative estimate of drug-likeness (QED) is 0.461. The lowest BCUT2D eigenvalue weighted by Crippen LogP contribution is -2.40. The van der Waals surface area contributed by atoms with Gasteiger partial charge in [0.15, 0.2) is 5.96 Å². The minimum atomic E-state index is -0.198. The maximum Gasteiger partial charge on any atom is 0.307 e. The molecule has 0 amide bonds. The van der Waals surface area contributed by atoms with Crippen LogP contribution in [-0.2, 0) is 9.53 Å². The van der Waals surface area contributed by atoms with E-state index in [4.69, 9.17) is 4.74 Å². The molecule has 0 fully saturated rings. The molecule has 0 aliphatic heterocycles. The van der Waals surface area contributed by atoms with Gasteiger partial charge in [0.25, 0.3) is 0 Å². The monoisotopic (exact) mass is 319 g/mol. The van der Waals surface area contributed by atoms with Crippen LogP contribution in [0.1, 0.15) is 44.2 Å². The van der Waals surface area contributed by atoms with Gasteiger partial charge in [0.05, 0.1) is 12.5 Å². The van der Waals surface area contributed by atoms with Gasteiger partial charge in [-0.05, 0) is 32.3 Å². The topological polar surface area (TPSA) is 62.7 Å². The van der Waals surface area contributed by atoms with Crippen LogP contribution >= 0.6 is 0 Å². The number of hydrogen-bond acceptors (Lipinski definition) is 3. The molecule has 0 aliphatic rings. The fourth-order valence-electron chi connectivity index (χ4n) is 2.09. The van der Waals surface area contributed by atoms with Crippen molar-refractivity contribution in [2.24, 2.45) is 4.99 Å². The Balaban J connectivity index is 2.33. The molecule has 0 heterocycles. The van der Waals surface area contributed by atoms with Gasteiger partial charge in [-0.2, -0.15) is 0 Å². The molecular formula is C18H29N3O2. The maximum atomic E-state index is 11.5. The number of aliphatic imine (C=N–C) groups is 1. The second kappa shape index (κ2) is 9.87. The number of ether oxygens (including phenoxy) is 1. The molecule has 1 rings (SSSR count). The Morgan fingerprint density at radius 3 is 2.39 bits per heavy atom. The number of carbonyl (C=O) groups is 1. The fraction of sp³-hybridized carbons (Fsp3) is 0.556. The molecule has 5 heteroatoms. The molecular weight excluding hydrogens is 290 g/mol. The molecule has 5 nitrogen and oxygen atoms in total. The molecule has 0 spiro atoms. The van der Waals surface area contributed by atoms with Gasteiger partial charge in [0.1, 0.15) is 0 Å². The van der Waals surface area contributed by atoms with E-state index in [0.29, 0.717) is 24.8 Å². The van der Waals surface area contributed by atoms with Crippen molar-refractivity contribution in [1.82, 2.24) is 10.6 Å². The van der Waals surface area contributed by atoms with Gasteiger partial charge in [0.2, 0.25) is 0 Å². The lowest BCUT2D eigenvalue weighted by molar-refractivity contribution is -0.147. The molecule has 0 saturated carbocycles. The highest BCUT2D eigenvalue weighted by Gasteiger charge is 2.08. The van der Waals surface area contributed by atoms with E-state index < -0.39 is 0 Å². The predicted octanol–water partition coefficient (Wildman–Crippen LogP) is 2.61. The van der Waals surface area contributed by atoms with E-state index in [9.17, 15) is 4.79 Å². The van der Waals surface area contributed by atoms with Crippen LogP contribution in [-0.4, -0.2) is 38.2 Å². The Labute approximate surface area is 139 Å². The average molecular weight is 319 g/mol. The molecule has 128 valence electrons. The predicted molar refractivity (Wildman–Crippen MR) is 94.8 cm³/mol. The third-order valence-electron chi connectivity index (χ3n) is 3.43. The molecule has 0 radical (unpaired) electrons. The zero-order chi connectivity index (χ0) is 17.2. The summed E-state index contributed by atoms with van der Waals surface area (Å²) in [5.41, 5.74) is 2.55. The minimum absolute atomic E-state index is 0.0738. The maximum absolute atomic E-state index is 11.5. The average Bonchev–Trinajstić information content (AvgIpc) is 2.50. The largest absolute Gasteiger partial charge is 0.463 e. The fourth-order valence-corrected chi connectivity index (χ4v) is 2.09. The standard InChI is InChI=1S/C18H29N3O2/c1-13(2)23-17(22)10-11-20-18(19-5)21-12-15(4)16-8-6-14(3)7-9-16/h6-9,13,15H,10-12H2,1-5H3,(H2,19,20,21). The highest BCUT2D eigenvalue weighted by molar-refractivity contribution is 5.80. The Morgan fingerprint density at radius 2 is 1.83 bits per heavy atom. The molecule has 0 aliphatic carbocycles. The van der Waals surface area contributed by atoms with Crippen LogP contribution in [0.5, 0.6) is 0 Å². The minimum Gasteiger partial charge on any atom is -0.463 e. The van der Waals surface area contributed by atoms with Crippen molar-refractivity contribution in [3.05, 3.63) is 35.4 Å². The summed E-state index contributed by atoms with van der Waals surface area (Å²) >= 11 is 0. The van der Waals surface area contributed by atoms with Gasteiger partial charge < -0.3 is 15.4 Å². The smallest absolute Gasteiger partial charge is 0.307 e. The summed E-state index contributed by atoms with van der Waals surface area (Å²) in [5.74, 6) is 0.873. The number of guanidine groups is 1. The van der Waals surface area contributed by atoms with Crippen molar-refractivity contribution in [1.29, 1.82) is 0 Å². The highest BCUT2D eigenvalue weighted by atomic mass is 16.5. The zero-order valence-corrected chi connectivity index (χ0v) is 14.8. The molecule has 1 aromatic carbocycles. The molecule has 0 bridgehead atoms. The first kappa shape index (κ1) is 19.0. The van der Waals surface area contributed by atoms with E-state index in [2.05, 4.69) is 53.7 Å². The van der Waals surface area contributed by atoms with E-state index in [1.54, 1.807) is 7.05 Å². The summed E-state index contributed by atoms with van der Waals surface area (Å²) in [6, 6.07) is 8.55. The number of hydrogen-bond donors (Lipinski definition) is 2. The lowest BCUT2D eigenvalue weighted by Gasteiger charge is -2.16. The summed E-state index contributed by atoms with van der Waals surface area (Å²) in [4.78, 5) is 15.6. The van der Waals surface area contributed by atoms with Crippen LogP contribution in [0.25, 0.3) is 0 Å². The first-order chi connectivity index (χ1) is 10.9. The second-order valence-corrected chi connectivity index (χ2v) is 5.98. The third kappa shape index (κ3) is 7.68. The van der Waals surface area contributed by atoms with E-state index in [1.165, 1.54) is 11.1 Å². The van der Waals surface area contributed by atoms with Crippen molar-refractivity contribution in [3.8, 4) is 0 Å². The van der Waals surface area contributed by atoms with Crippen LogP contribution < -0.4 is 10.6 Å². The Bertz CT molecular complexity index is 510. The number of nitrogens with one attached hydrogen (secondary N) is 2. The van der Waals surface area contributed by atoms with Gasteiger partial charge in [0, 0.05) is 20.1 Å². The number of aryl methyl sites for hydroxylation is 1. The zero-order valence-electron chi connectivity index (χ0n) is 14.8. The van der Waals surface area contributed by atoms with Crippen molar-refractivity contribution < 1.29 is 9.53 Å². The third-order valence-corrected chi connectivity index (χ3v) is 3.43. The summed E-state index contributed by atoms with van der Waals surface area (Å²) in [6.07, 6.45) is 0.252. The molecule has 1 aromatic rings. The normalized spacial score (nSPS) is 12.9. The molecule has 0 saturated heterocycles. The van der Waals surface area contributed by atoms with E-state index in [-0.39, 0.29) is 12.1 Å². The first-order valence-electron chi connectivity index (χ1n) is 8.13. The van der Waals surface area contributed by atoms with Crippen molar-refractivity contribution >= 4 is 11.9 Å². The lowest BCUT2D eigenvalue weighted by atomic mass is 10.0. The second-order valence-electron chi connectivity index (χ2n) is 5.98. The summed E-state index contributed by atoms with van der Waals surface area (Å²) in [7, 11) is 1.72. The van der Waals surface area contributed by atoms with Crippen molar-refractivity contribution in [3.63, 3.8) is 0 Å². The van der Waals surface area contributed by atoms with Crippen LogP contribution in [0.4, 0.5) is 0 Å². The number of esters is 1. The Morgan fingerprint density at radius 1 is 1.17 bits per heavy atom. The van der Waals surface area contributed by atoms with Crippen molar-refractivity contribution in [2.75, 3.05) is 20.1 Å². The van der Waals surface area contributed by atoms with Crippen LogP contribution in [0.2, 0.25) is 0 Å². The number of benzene rings is 1. The summed E-state index contributed by atoms with van der Waals surface area (Å²) in [5, 5.41) is 6.41. The van der Waals surface area contributed by atoms with E-state index >= 15 is 0 Å². The first-order valence-corrected chi connectivity index (χ1v) is 8.13. The summed E-state index contributed by atoms with van der Waals surface area (Å²) < 4.78 is 5.09. The molecule has 0 aromatic heterocycles. The van der Waals surface area contributed by atoms with Crippen LogP contribution in [0.15, 0.2) is 29.3 Å². The van der Waals surface area contributed by atoms with Gasteiger partial charge in [-0.25, -0.2) is 0 Å². The van der Waals surface area contributed by atoms with Crippen molar-refractivity contribution in [2.45, 2.75) is 46.1 Å². The number of carbonyl (C=O) groups excluding carboxylic acids is 1. The molecule has 1 unspecified atom stereocenters. The van der Waals surface area contributed by atoms with Gasteiger partial charge >= 0.3 is 5.97 Å². The number of nitrogens with zero attached hydrogens (tertiary/aromatic N) is 1. The van der Waals surface area contributed by atoms with Crippen LogP contribution in [0, 0.1) is 6.92 Å². The van der Waals surface area contributed by atoms with Gasteiger partial charge in [-0.1, -0.05) is 36.8 Å². The van der Waals surface area contributed by atoms with Crippen LogP contribution in [0.3, 0.4) is 0 Å². The molecule has 2 N–H and O–H groups in total. The van der Waals surface area contributed by atoms with E-state index in [1.807, 2.05) is 13.8 Å². The highest BCUT2D eigenvalue weighted by Crippen LogP contribution is 2.14. The summed E-state index contributed by atoms with van der Waals surface area (Å²) in [6.45, 7) is 9.23. The SMILES string of the molecule is CN=C(NCCC(=O)OC(C)C)NCC(C)c1ccc(C)cc1. The molecule has 1 atom stereocenters. The van der Waals surface area contributed by atoms with E-state index in [0.717, 1.165) is 6.54 Å². The van der Waals surface area contributed by atoms with Gasteiger partial charge in [-0.15, -0.1) is 0 Å². The Hall–Kier alpha value is -2.04. The number of rotatable bonds is 7. The van der Waals surface area contributed by atoms with Gasteiger partial charge in [-0.3, -0.25) is 9.79 Å². The molecule has 23 heavy (non-hydrogen) atoms. The Kier molecular flexibility index (Phi) is 8.16.